The molecule has 25 heavy (non-hydrogen) atoms. The molecule has 0 radical (unpaired) electrons. The number of hydrogen-bond acceptors (Lipinski definition) is 3. The van der Waals surface area contributed by atoms with Gasteiger partial charge < -0.3 is 4.74 Å². The van der Waals surface area contributed by atoms with Gasteiger partial charge in [-0.1, -0.05) is 35.0 Å². The van der Waals surface area contributed by atoms with Crippen molar-refractivity contribution in [2.45, 2.75) is 33.1 Å². The number of halogens is 1. The number of fused-ring (bicyclic) bond motifs is 1. The maximum absolute atomic E-state index is 11.9. The molecule has 1 aromatic heterocycles. The molecular weight excluding hydrogens is 380 g/mol. The summed E-state index contributed by atoms with van der Waals surface area (Å²) in [5.41, 5.74) is 4.04. The van der Waals surface area contributed by atoms with Crippen molar-refractivity contribution in [3.05, 3.63) is 58.3 Å². The molecule has 5 heteroatoms. The van der Waals surface area contributed by atoms with Gasteiger partial charge in [-0.3, -0.25) is 9.36 Å². The predicted molar refractivity (Wildman–Crippen MR) is 103 cm³/mol. The van der Waals surface area contributed by atoms with Crippen molar-refractivity contribution in [3.8, 4) is 5.69 Å². The van der Waals surface area contributed by atoms with Crippen LogP contribution in [0.5, 0.6) is 0 Å². The predicted octanol–water partition coefficient (Wildman–Crippen LogP) is 5.02. The Balaban J connectivity index is 2.00. The van der Waals surface area contributed by atoms with Crippen LogP contribution in [0.25, 0.3) is 16.7 Å². The Hall–Kier alpha value is -2.14. The standard InChI is InChI=1S/C20H21BrN2O2/c1-4-19-22-17-12-15(21)8-11-18(17)23(19)16-9-6-14(7-10-16)13(3)20(24)25-5-2/h6-13H,4-5H2,1-3H3. The number of aryl methyl sites for hydroxylation is 1. The highest BCUT2D eigenvalue weighted by molar-refractivity contribution is 9.10. The Morgan fingerprint density at radius 1 is 1.20 bits per heavy atom. The van der Waals surface area contributed by atoms with Gasteiger partial charge in [0, 0.05) is 16.6 Å². The number of carbonyl (C=O) groups is 1. The van der Waals surface area contributed by atoms with E-state index >= 15 is 0 Å². The van der Waals surface area contributed by atoms with Crippen LogP contribution >= 0.6 is 15.9 Å². The highest BCUT2D eigenvalue weighted by Gasteiger charge is 2.17. The van der Waals surface area contributed by atoms with Crippen molar-refractivity contribution < 1.29 is 9.53 Å². The van der Waals surface area contributed by atoms with Crippen molar-refractivity contribution in [2.24, 2.45) is 0 Å². The van der Waals surface area contributed by atoms with E-state index in [1.807, 2.05) is 50.2 Å². The molecular formula is C20H21BrN2O2. The fourth-order valence-electron chi connectivity index (χ4n) is 2.94. The minimum absolute atomic E-state index is 0.192. The minimum Gasteiger partial charge on any atom is -0.466 e. The summed E-state index contributed by atoms with van der Waals surface area (Å²) < 4.78 is 8.29. The molecule has 0 bridgehead atoms. The first-order valence-electron chi connectivity index (χ1n) is 8.49. The molecule has 3 rings (SSSR count). The van der Waals surface area contributed by atoms with E-state index in [0.29, 0.717) is 6.61 Å². The van der Waals surface area contributed by atoms with Gasteiger partial charge in [0.1, 0.15) is 5.82 Å². The van der Waals surface area contributed by atoms with E-state index in [9.17, 15) is 4.79 Å². The summed E-state index contributed by atoms with van der Waals surface area (Å²) in [6, 6.07) is 14.2. The minimum atomic E-state index is -0.268. The van der Waals surface area contributed by atoms with Crippen LogP contribution in [0, 0.1) is 0 Å². The highest BCUT2D eigenvalue weighted by atomic mass is 79.9. The van der Waals surface area contributed by atoms with E-state index in [4.69, 9.17) is 9.72 Å². The van der Waals surface area contributed by atoms with Gasteiger partial charge in [0.2, 0.25) is 0 Å². The second-order valence-corrected chi connectivity index (χ2v) is 6.83. The zero-order chi connectivity index (χ0) is 18.0. The van der Waals surface area contributed by atoms with Gasteiger partial charge in [0.05, 0.1) is 23.6 Å². The molecule has 130 valence electrons. The summed E-state index contributed by atoms with van der Waals surface area (Å²) in [5.74, 6) is 0.553. The van der Waals surface area contributed by atoms with Crippen molar-refractivity contribution in [1.29, 1.82) is 0 Å². The second kappa shape index (κ2) is 7.40. The lowest BCUT2D eigenvalue weighted by molar-refractivity contribution is -0.144. The van der Waals surface area contributed by atoms with E-state index in [1.165, 1.54) is 0 Å². The maximum atomic E-state index is 11.9. The van der Waals surface area contributed by atoms with Crippen LogP contribution in [0.4, 0.5) is 0 Å². The second-order valence-electron chi connectivity index (χ2n) is 5.92. The van der Waals surface area contributed by atoms with E-state index in [-0.39, 0.29) is 11.9 Å². The third-order valence-corrected chi connectivity index (χ3v) is 4.79. The van der Waals surface area contributed by atoms with Crippen molar-refractivity contribution in [3.63, 3.8) is 0 Å². The number of carbonyl (C=O) groups excluding carboxylic acids is 1. The molecule has 0 spiro atoms. The van der Waals surface area contributed by atoms with Gasteiger partial charge in [0.15, 0.2) is 0 Å². The molecule has 0 saturated heterocycles. The molecule has 0 fully saturated rings. The van der Waals surface area contributed by atoms with Crippen LogP contribution in [-0.2, 0) is 16.0 Å². The Morgan fingerprint density at radius 3 is 2.56 bits per heavy atom. The summed E-state index contributed by atoms with van der Waals surface area (Å²) in [4.78, 5) is 16.7. The van der Waals surface area contributed by atoms with Gasteiger partial charge in [-0.05, 0) is 49.7 Å². The lowest BCUT2D eigenvalue weighted by Crippen LogP contribution is -2.13. The number of hydrogen-bond donors (Lipinski definition) is 0. The molecule has 3 aromatic rings. The van der Waals surface area contributed by atoms with Crippen LogP contribution in [0.1, 0.15) is 38.1 Å². The molecule has 0 aliphatic heterocycles. The number of rotatable bonds is 5. The summed E-state index contributed by atoms with van der Waals surface area (Å²) in [6.07, 6.45) is 0.841. The molecule has 0 amide bonds. The lowest BCUT2D eigenvalue weighted by Gasteiger charge is -2.13. The number of benzene rings is 2. The largest absolute Gasteiger partial charge is 0.466 e. The smallest absolute Gasteiger partial charge is 0.313 e. The first kappa shape index (κ1) is 17.7. The van der Waals surface area contributed by atoms with E-state index in [1.54, 1.807) is 0 Å². The van der Waals surface area contributed by atoms with E-state index in [2.05, 4.69) is 33.5 Å². The zero-order valence-electron chi connectivity index (χ0n) is 14.6. The summed E-state index contributed by atoms with van der Waals surface area (Å²) >= 11 is 3.50. The van der Waals surface area contributed by atoms with Gasteiger partial charge in [-0.25, -0.2) is 4.98 Å². The fraction of sp³-hybridized carbons (Fsp3) is 0.300. The van der Waals surface area contributed by atoms with Crippen LogP contribution in [0.3, 0.4) is 0 Å². The quantitative estimate of drug-likeness (QED) is 0.564. The fourth-order valence-corrected chi connectivity index (χ4v) is 3.29. The Labute approximate surface area is 156 Å². The van der Waals surface area contributed by atoms with Crippen LogP contribution in [0.15, 0.2) is 46.9 Å². The average Bonchev–Trinajstić information content (AvgIpc) is 2.99. The molecule has 0 aliphatic carbocycles. The number of imidazole rings is 1. The molecule has 2 aromatic carbocycles. The summed E-state index contributed by atoms with van der Waals surface area (Å²) in [7, 11) is 0. The number of esters is 1. The van der Waals surface area contributed by atoms with Gasteiger partial charge in [0.25, 0.3) is 0 Å². The Bertz CT molecular complexity index is 900. The Morgan fingerprint density at radius 2 is 1.92 bits per heavy atom. The SMILES string of the molecule is CCOC(=O)C(C)c1ccc(-n2c(CC)nc3cc(Br)ccc32)cc1. The molecule has 1 atom stereocenters. The number of ether oxygens (including phenoxy) is 1. The lowest BCUT2D eigenvalue weighted by atomic mass is 10.0. The van der Waals surface area contributed by atoms with E-state index in [0.717, 1.165) is 39.0 Å². The normalized spacial score (nSPS) is 12.3. The van der Waals surface area contributed by atoms with Crippen LogP contribution in [-0.4, -0.2) is 22.1 Å². The third-order valence-electron chi connectivity index (χ3n) is 4.29. The van der Waals surface area contributed by atoms with Crippen molar-refractivity contribution in [2.75, 3.05) is 6.61 Å². The Kier molecular flexibility index (Phi) is 5.23. The summed E-state index contributed by atoms with van der Waals surface area (Å²) in [5, 5.41) is 0. The van der Waals surface area contributed by atoms with E-state index < -0.39 is 0 Å². The zero-order valence-corrected chi connectivity index (χ0v) is 16.2. The molecule has 1 unspecified atom stereocenters. The maximum Gasteiger partial charge on any atom is 0.313 e. The van der Waals surface area contributed by atoms with Crippen molar-refractivity contribution >= 4 is 32.9 Å². The molecule has 0 N–H and O–H groups in total. The van der Waals surface area contributed by atoms with Gasteiger partial charge in [-0.2, -0.15) is 0 Å². The number of nitrogens with zero attached hydrogens (tertiary/aromatic N) is 2. The topological polar surface area (TPSA) is 44.1 Å². The molecule has 0 aliphatic rings. The molecule has 4 nitrogen and oxygen atoms in total. The van der Waals surface area contributed by atoms with Crippen molar-refractivity contribution in [1.82, 2.24) is 9.55 Å². The molecule has 1 heterocycles. The average molecular weight is 401 g/mol. The van der Waals surface area contributed by atoms with Crippen LogP contribution in [0.2, 0.25) is 0 Å². The van der Waals surface area contributed by atoms with Gasteiger partial charge >= 0.3 is 5.97 Å². The van der Waals surface area contributed by atoms with Gasteiger partial charge in [-0.15, -0.1) is 0 Å². The number of aromatic nitrogens is 2. The monoisotopic (exact) mass is 400 g/mol. The van der Waals surface area contributed by atoms with Crippen LogP contribution < -0.4 is 0 Å². The highest BCUT2D eigenvalue weighted by Crippen LogP contribution is 2.26. The molecule has 0 saturated carbocycles. The first-order chi connectivity index (χ1) is 12.0. The first-order valence-corrected chi connectivity index (χ1v) is 9.28. The summed E-state index contributed by atoms with van der Waals surface area (Å²) in [6.45, 7) is 6.19. The third kappa shape index (κ3) is 3.47.